The van der Waals surface area contributed by atoms with Crippen LogP contribution in [0, 0.1) is 5.82 Å². The summed E-state index contributed by atoms with van der Waals surface area (Å²) in [4.78, 5) is 30.7. The number of hydrogen-bond acceptors (Lipinski definition) is 5. The van der Waals surface area contributed by atoms with Crippen LogP contribution in [-0.4, -0.2) is 45.9 Å². The van der Waals surface area contributed by atoms with E-state index in [-0.39, 0.29) is 29.5 Å². The maximum Gasteiger partial charge on any atom is 0.295 e. The highest BCUT2D eigenvalue weighted by Crippen LogP contribution is 2.40. The van der Waals surface area contributed by atoms with Crippen molar-refractivity contribution in [3.63, 3.8) is 0 Å². The highest BCUT2D eigenvalue weighted by Gasteiger charge is 2.46. The summed E-state index contributed by atoms with van der Waals surface area (Å²) in [6, 6.07) is 7.99. The van der Waals surface area contributed by atoms with Crippen molar-refractivity contribution in [2.75, 3.05) is 13.2 Å². The quantitative estimate of drug-likeness (QED) is 0.334. The minimum atomic E-state index is -1.01. The van der Waals surface area contributed by atoms with Crippen molar-refractivity contribution < 1.29 is 23.8 Å². The van der Waals surface area contributed by atoms with E-state index in [1.807, 2.05) is 13.8 Å². The van der Waals surface area contributed by atoms with Crippen molar-refractivity contribution in [3.8, 4) is 0 Å². The molecule has 1 aliphatic heterocycles. The van der Waals surface area contributed by atoms with Crippen LogP contribution in [-0.2, 0) is 14.3 Å². The van der Waals surface area contributed by atoms with Gasteiger partial charge in [-0.3, -0.25) is 14.6 Å². The summed E-state index contributed by atoms with van der Waals surface area (Å²) >= 11 is 0. The lowest BCUT2D eigenvalue weighted by atomic mass is 9.95. The molecule has 1 fully saturated rings. The molecule has 0 radical (unpaired) electrons. The molecule has 0 bridgehead atoms. The number of likely N-dealkylation sites (tertiary alicyclic amines) is 1. The zero-order chi connectivity index (χ0) is 21.0. The van der Waals surface area contributed by atoms with Gasteiger partial charge in [-0.25, -0.2) is 4.39 Å². The van der Waals surface area contributed by atoms with E-state index >= 15 is 0 Å². The lowest BCUT2D eigenvalue weighted by Crippen LogP contribution is -2.31. The Bertz CT molecular complexity index is 927. The van der Waals surface area contributed by atoms with Gasteiger partial charge in [0.1, 0.15) is 11.6 Å². The molecule has 0 saturated carbocycles. The fourth-order valence-electron chi connectivity index (χ4n) is 3.35. The smallest absolute Gasteiger partial charge is 0.295 e. The molecule has 1 aromatic heterocycles. The molecule has 7 heteroatoms. The lowest BCUT2D eigenvalue weighted by Gasteiger charge is -2.25. The number of benzene rings is 1. The van der Waals surface area contributed by atoms with Gasteiger partial charge in [-0.2, -0.15) is 0 Å². The molecule has 29 heavy (non-hydrogen) atoms. The van der Waals surface area contributed by atoms with Gasteiger partial charge in [-0.1, -0.05) is 18.2 Å². The average molecular weight is 398 g/mol. The van der Waals surface area contributed by atoms with Crippen LogP contribution in [0.1, 0.15) is 37.4 Å². The summed E-state index contributed by atoms with van der Waals surface area (Å²) in [5.41, 5.74) is 0.366. The van der Waals surface area contributed by atoms with Crippen molar-refractivity contribution in [2.24, 2.45) is 0 Å². The van der Waals surface area contributed by atoms with Crippen LogP contribution < -0.4 is 0 Å². The Balaban J connectivity index is 2.04. The third-order valence-electron chi connectivity index (χ3n) is 4.69. The van der Waals surface area contributed by atoms with Crippen LogP contribution in [0.2, 0.25) is 0 Å². The zero-order valence-electron chi connectivity index (χ0n) is 16.3. The number of aliphatic hydroxyl groups excluding tert-OH is 1. The van der Waals surface area contributed by atoms with E-state index in [1.54, 1.807) is 6.07 Å². The van der Waals surface area contributed by atoms with Crippen LogP contribution in [0.3, 0.4) is 0 Å². The van der Waals surface area contributed by atoms with Gasteiger partial charge in [0, 0.05) is 36.7 Å². The number of aromatic nitrogens is 1. The largest absolute Gasteiger partial charge is 0.507 e. The van der Waals surface area contributed by atoms with Crippen molar-refractivity contribution in [3.05, 3.63) is 71.3 Å². The Morgan fingerprint density at radius 2 is 1.90 bits per heavy atom. The number of nitrogens with zero attached hydrogens (tertiary/aromatic N) is 2. The third-order valence-corrected chi connectivity index (χ3v) is 4.69. The molecule has 3 rings (SSSR count). The van der Waals surface area contributed by atoms with E-state index in [0.29, 0.717) is 18.6 Å². The van der Waals surface area contributed by atoms with Crippen molar-refractivity contribution in [1.29, 1.82) is 0 Å². The standard InChI is InChI=1S/C22H23FN2O4/c1-14(2)29-13-5-12-25-19(16-6-3-4-7-17(16)23)18(21(27)22(25)28)20(26)15-8-10-24-11-9-15/h3-4,6-11,14,19,26H,5,12-13H2,1-2H3/b20-18-. The molecular formula is C22H23FN2O4. The Labute approximate surface area is 168 Å². The third kappa shape index (κ3) is 4.35. The summed E-state index contributed by atoms with van der Waals surface area (Å²) in [5, 5.41) is 10.8. The summed E-state index contributed by atoms with van der Waals surface area (Å²) in [5.74, 6) is -2.50. The topological polar surface area (TPSA) is 79.7 Å². The summed E-state index contributed by atoms with van der Waals surface area (Å²) in [7, 11) is 0. The SMILES string of the molecule is CC(C)OCCCN1C(=O)C(=O)/C(=C(\O)c2ccncc2)C1c1ccccc1F. The molecule has 1 N–H and O–H groups in total. The number of pyridine rings is 1. The summed E-state index contributed by atoms with van der Waals surface area (Å²) in [6.45, 7) is 4.40. The van der Waals surface area contributed by atoms with E-state index in [9.17, 15) is 19.1 Å². The van der Waals surface area contributed by atoms with Gasteiger partial charge in [-0.05, 0) is 38.5 Å². The number of carbonyl (C=O) groups is 2. The molecule has 0 aliphatic carbocycles. The maximum atomic E-state index is 14.6. The van der Waals surface area contributed by atoms with Crippen LogP contribution >= 0.6 is 0 Å². The van der Waals surface area contributed by atoms with E-state index in [4.69, 9.17) is 4.74 Å². The number of halogens is 1. The van der Waals surface area contributed by atoms with E-state index < -0.39 is 23.5 Å². The van der Waals surface area contributed by atoms with Gasteiger partial charge in [0.25, 0.3) is 11.7 Å². The normalized spacial score (nSPS) is 18.6. The average Bonchev–Trinajstić information content (AvgIpc) is 2.96. The molecular weight excluding hydrogens is 375 g/mol. The fourth-order valence-corrected chi connectivity index (χ4v) is 3.35. The van der Waals surface area contributed by atoms with E-state index in [1.165, 1.54) is 47.6 Å². The molecule has 1 saturated heterocycles. The minimum absolute atomic E-state index is 0.0412. The van der Waals surface area contributed by atoms with Crippen molar-refractivity contribution >= 4 is 17.4 Å². The molecule has 1 amide bonds. The first kappa shape index (κ1) is 20.7. The Morgan fingerprint density at radius 1 is 1.21 bits per heavy atom. The van der Waals surface area contributed by atoms with Gasteiger partial charge >= 0.3 is 0 Å². The van der Waals surface area contributed by atoms with Crippen molar-refractivity contribution in [1.82, 2.24) is 9.88 Å². The zero-order valence-corrected chi connectivity index (χ0v) is 16.3. The number of ketones is 1. The van der Waals surface area contributed by atoms with Gasteiger partial charge in [0.2, 0.25) is 0 Å². The second kappa shape index (κ2) is 8.96. The van der Waals surface area contributed by atoms with Gasteiger partial charge in [0.15, 0.2) is 0 Å². The van der Waals surface area contributed by atoms with Crippen LogP contribution in [0.25, 0.3) is 5.76 Å². The van der Waals surface area contributed by atoms with Crippen molar-refractivity contribution in [2.45, 2.75) is 32.4 Å². The molecule has 6 nitrogen and oxygen atoms in total. The number of ether oxygens (including phenoxy) is 1. The second-order valence-corrected chi connectivity index (χ2v) is 7.02. The molecule has 0 spiro atoms. The first-order valence-electron chi connectivity index (χ1n) is 9.46. The number of rotatable bonds is 7. The minimum Gasteiger partial charge on any atom is -0.507 e. The highest BCUT2D eigenvalue weighted by molar-refractivity contribution is 6.46. The Morgan fingerprint density at radius 3 is 2.55 bits per heavy atom. The van der Waals surface area contributed by atoms with Crippen LogP contribution in [0.15, 0.2) is 54.4 Å². The number of Topliss-reactive ketones (excluding diaryl/α,β-unsaturated/α-hetero) is 1. The van der Waals surface area contributed by atoms with Crippen LogP contribution in [0.5, 0.6) is 0 Å². The van der Waals surface area contributed by atoms with Crippen LogP contribution in [0.4, 0.5) is 4.39 Å². The second-order valence-electron chi connectivity index (χ2n) is 7.02. The first-order valence-corrected chi connectivity index (χ1v) is 9.46. The number of hydrogen-bond donors (Lipinski definition) is 1. The molecule has 1 aliphatic rings. The van der Waals surface area contributed by atoms with E-state index in [0.717, 1.165) is 0 Å². The molecule has 1 atom stereocenters. The highest BCUT2D eigenvalue weighted by atomic mass is 19.1. The molecule has 2 heterocycles. The maximum absolute atomic E-state index is 14.6. The van der Waals surface area contributed by atoms with Gasteiger partial charge in [-0.15, -0.1) is 0 Å². The predicted octanol–water partition coefficient (Wildman–Crippen LogP) is 3.46. The number of carbonyl (C=O) groups excluding carboxylic acids is 2. The molecule has 152 valence electrons. The monoisotopic (exact) mass is 398 g/mol. The number of amides is 1. The Hall–Kier alpha value is -3.06. The summed E-state index contributed by atoms with van der Waals surface area (Å²) in [6.07, 6.45) is 3.45. The molecule has 1 unspecified atom stereocenters. The number of aliphatic hydroxyl groups is 1. The summed E-state index contributed by atoms with van der Waals surface area (Å²) < 4.78 is 20.1. The Kier molecular flexibility index (Phi) is 6.39. The molecule has 1 aromatic carbocycles. The fraction of sp³-hybridized carbons (Fsp3) is 0.318. The van der Waals surface area contributed by atoms with Gasteiger partial charge in [0.05, 0.1) is 17.7 Å². The molecule has 2 aromatic rings. The predicted molar refractivity (Wildman–Crippen MR) is 105 cm³/mol. The van der Waals surface area contributed by atoms with Gasteiger partial charge < -0.3 is 14.7 Å². The lowest BCUT2D eigenvalue weighted by molar-refractivity contribution is -0.140. The van der Waals surface area contributed by atoms with E-state index in [2.05, 4.69) is 4.98 Å². The first-order chi connectivity index (χ1) is 13.9.